The smallest absolute Gasteiger partial charge is 0.125 e. The summed E-state index contributed by atoms with van der Waals surface area (Å²) in [6, 6.07) is 0. The molecule has 0 heterocycles. The van der Waals surface area contributed by atoms with Crippen molar-refractivity contribution in [1.29, 1.82) is 0 Å². The third-order valence-corrected chi connectivity index (χ3v) is 1.74. The van der Waals surface area contributed by atoms with Crippen LogP contribution in [0.4, 0.5) is 0 Å². The minimum absolute atomic E-state index is 0.533. The van der Waals surface area contributed by atoms with Gasteiger partial charge in [0.25, 0.3) is 0 Å². The predicted octanol–water partition coefficient (Wildman–Crippen LogP) is 2.60. The summed E-state index contributed by atoms with van der Waals surface area (Å²) in [5.74, 6) is 0.533. The summed E-state index contributed by atoms with van der Waals surface area (Å²) in [6.45, 7) is 9.59. The topological polar surface area (TPSA) is 35.8 Å². The van der Waals surface area contributed by atoms with E-state index in [1.807, 2.05) is 13.0 Å². The molecule has 0 spiro atoms. The van der Waals surface area contributed by atoms with E-state index in [1.165, 1.54) is 12.6 Å². The highest BCUT2D eigenvalue weighted by molar-refractivity contribution is 5.79. The van der Waals surface area contributed by atoms with Crippen LogP contribution in [-0.2, 0) is 0 Å². The van der Waals surface area contributed by atoms with Crippen LogP contribution < -0.4 is 0 Å². The lowest BCUT2D eigenvalue weighted by atomic mass is 10.2. The van der Waals surface area contributed by atoms with Gasteiger partial charge in [0.05, 0.1) is 5.70 Å². The molecule has 0 aromatic carbocycles. The van der Waals surface area contributed by atoms with Crippen LogP contribution in [-0.4, -0.2) is 23.2 Å². The Morgan fingerprint density at radius 3 is 2.46 bits per heavy atom. The van der Waals surface area contributed by atoms with Crippen molar-refractivity contribution in [1.82, 2.24) is 5.06 Å². The number of hydrogen-bond donors (Lipinski definition) is 1. The summed E-state index contributed by atoms with van der Waals surface area (Å²) in [7, 11) is 1.53. The minimum atomic E-state index is 0.533. The van der Waals surface area contributed by atoms with Crippen molar-refractivity contribution in [3.63, 3.8) is 0 Å². The van der Waals surface area contributed by atoms with Crippen LogP contribution in [0.2, 0.25) is 0 Å². The Bertz CT molecular complexity index is 239. The average Bonchev–Trinajstić information content (AvgIpc) is 2.03. The summed E-state index contributed by atoms with van der Waals surface area (Å²) in [6.07, 6.45) is 2.90. The Balaban J connectivity index is 4.39. The Morgan fingerprint density at radius 2 is 2.08 bits per heavy atom. The predicted molar refractivity (Wildman–Crippen MR) is 55.8 cm³/mol. The second kappa shape index (κ2) is 5.54. The zero-order chi connectivity index (χ0) is 10.4. The van der Waals surface area contributed by atoms with Gasteiger partial charge in [-0.05, 0) is 26.3 Å². The van der Waals surface area contributed by atoms with Gasteiger partial charge >= 0.3 is 0 Å². The molecule has 3 heteroatoms. The van der Waals surface area contributed by atoms with E-state index in [2.05, 4.69) is 18.5 Å². The Labute approximate surface area is 80.0 Å². The molecule has 74 valence electrons. The van der Waals surface area contributed by atoms with Crippen molar-refractivity contribution in [2.75, 3.05) is 7.05 Å². The van der Waals surface area contributed by atoms with Crippen molar-refractivity contribution in [3.05, 3.63) is 23.9 Å². The molecule has 0 atom stereocenters. The van der Waals surface area contributed by atoms with E-state index in [1.54, 1.807) is 6.92 Å². The molecule has 0 aliphatic rings. The van der Waals surface area contributed by atoms with E-state index in [4.69, 9.17) is 5.21 Å². The first-order valence-electron chi connectivity index (χ1n) is 4.31. The molecule has 0 aliphatic heterocycles. The zero-order valence-electron chi connectivity index (χ0n) is 8.83. The maximum atomic E-state index is 9.00. The summed E-state index contributed by atoms with van der Waals surface area (Å²) < 4.78 is 0. The lowest BCUT2D eigenvalue weighted by Gasteiger charge is -2.08. The van der Waals surface area contributed by atoms with Crippen LogP contribution in [0.15, 0.2) is 28.9 Å². The van der Waals surface area contributed by atoms with Gasteiger partial charge in [0, 0.05) is 7.05 Å². The van der Waals surface area contributed by atoms with E-state index < -0.39 is 0 Å². The standard InChI is InChI=1S/C10H18N2O/c1-6-8(2)7-9(3)11-10(4)12(5)13/h7,13H,3,6H2,1-2,4-5H3/b8-7-,11-10-. The Morgan fingerprint density at radius 1 is 1.54 bits per heavy atom. The van der Waals surface area contributed by atoms with E-state index >= 15 is 0 Å². The summed E-state index contributed by atoms with van der Waals surface area (Å²) in [5.41, 5.74) is 1.89. The zero-order valence-corrected chi connectivity index (χ0v) is 8.83. The van der Waals surface area contributed by atoms with Crippen LogP contribution in [0.1, 0.15) is 27.2 Å². The fourth-order valence-electron chi connectivity index (χ4n) is 0.699. The van der Waals surface area contributed by atoms with Gasteiger partial charge in [-0.25, -0.2) is 10.1 Å². The average molecular weight is 182 g/mol. The van der Waals surface area contributed by atoms with E-state index in [9.17, 15) is 0 Å². The second-order valence-electron chi connectivity index (χ2n) is 3.02. The van der Waals surface area contributed by atoms with E-state index in [0.717, 1.165) is 11.5 Å². The van der Waals surface area contributed by atoms with Crippen molar-refractivity contribution in [3.8, 4) is 0 Å². The molecule has 0 aromatic heterocycles. The third kappa shape index (κ3) is 5.20. The fourth-order valence-corrected chi connectivity index (χ4v) is 0.699. The van der Waals surface area contributed by atoms with Crippen molar-refractivity contribution >= 4 is 5.84 Å². The molecule has 0 aromatic rings. The number of aliphatic imine (C=N–C) groups is 1. The summed E-state index contributed by atoms with van der Waals surface area (Å²) in [5, 5.41) is 9.97. The monoisotopic (exact) mass is 182 g/mol. The lowest BCUT2D eigenvalue weighted by Crippen LogP contribution is -2.19. The highest BCUT2D eigenvalue weighted by Gasteiger charge is 1.95. The fraction of sp³-hybridized carbons (Fsp3) is 0.500. The third-order valence-electron chi connectivity index (χ3n) is 1.74. The minimum Gasteiger partial charge on any atom is -0.288 e. The second-order valence-corrected chi connectivity index (χ2v) is 3.02. The van der Waals surface area contributed by atoms with Crippen LogP contribution in [0.3, 0.4) is 0 Å². The molecule has 3 nitrogen and oxygen atoms in total. The van der Waals surface area contributed by atoms with E-state index in [0.29, 0.717) is 11.5 Å². The lowest BCUT2D eigenvalue weighted by molar-refractivity contribution is 0.0128. The molecule has 0 bridgehead atoms. The van der Waals surface area contributed by atoms with Crippen LogP contribution in [0.25, 0.3) is 0 Å². The molecule has 0 saturated heterocycles. The molecular weight excluding hydrogens is 164 g/mol. The first-order valence-corrected chi connectivity index (χ1v) is 4.31. The SMILES string of the molecule is C=C(/C=C(/C)CC)/N=C(/C)N(C)O. The Kier molecular flexibility index (Phi) is 5.07. The van der Waals surface area contributed by atoms with Crippen LogP contribution in [0.5, 0.6) is 0 Å². The van der Waals surface area contributed by atoms with Crippen molar-refractivity contribution in [2.24, 2.45) is 4.99 Å². The molecule has 0 fully saturated rings. The van der Waals surface area contributed by atoms with E-state index in [-0.39, 0.29) is 0 Å². The summed E-state index contributed by atoms with van der Waals surface area (Å²) >= 11 is 0. The molecule has 13 heavy (non-hydrogen) atoms. The molecule has 0 rings (SSSR count). The molecule has 0 saturated carbocycles. The Hall–Kier alpha value is -1.09. The quantitative estimate of drug-likeness (QED) is 0.315. The number of nitrogens with zero attached hydrogens (tertiary/aromatic N) is 2. The van der Waals surface area contributed by atoms with Gasteiger partial charge in [0.1, 0.15) is 5.84 Å². The van der Waals surface area contributed by atoms with Gasteiger partial charge in [-0.2, -0.15) is 0 Å². The summed E-state index contributed by atoms with van der Waals surface area (Å²) in [4.78, 5) is 4.09. The van der Waals surface area contributed by atoms with Crippen LogP contribution >= 0.6 is 0 Å². The molecule has 0 amide bonds. The molecular formula is C10H18N2O. The highest BCUT2D eigenvalue weighted by Crippen LogP contribution is 2.05. The van der Waals surface area contributed by atoms with Gasteiger partial charge in [0.2, 0.25) is 0 Å². The molecule has 0 radical (unpaired) electrons. The van der Waals surface area contributed by atoms with Crippen LogP contribution in [0, 0.1) is 0 Å². The number of hydroxylamine groups is 2. The molecule has 0 aliphatic carbocycles. The molecule has 0 unspecified atom stereocenters. The maximum Gasteiger partial charge on any atom is 0.125 e. The number of allylic oxidation sites excluding steroid dienone is 2. The maximum absolute atomic E-state index is 9.00. The van der Waals surface area contributed by atoms with Gasteiger partial charge in [-0.1, -0.05) is 19.1 Å². The van der Waals surface area contributed by atoms with Gasteiger partial charge in [-0.15, -0.1) is 0 Å². The first-order chi connectivity index (χ1) is 5.97. The van der Waals surface area contributed by atoms with Gasteiger partial charge in [0.15, 0.2) is 0 Å². The molecule has 1 N–H and O–H groups in total. The number of hydrogen-bond acceptors (Lipinski definition) is 2. The van der Waals surface area contributed by atoms with Gasteiger partial charge in [-0.3, -0.25) is 5.21 Å². The van der Waals surface area contributed by atoms with Crippen molar-refractivity contribution < 1.29 is 5.21 Å². The van der Waals surface area contributed by atoms with Crippen molar-refractivity contribution in [2.45, 2.75) is 27.2 Å². The normalized spacial score (nSPS) is 13.0. The highest BCUT2D eigenvalue weighted by atomic mass is 16.5. The van der Waals surface area contributed by atoms with Gasteiger partial charge < -0.3 is 0 Å². The first kappa shape index (κ1) is 11.9. The largest absolute Gasteiger partial charge is 0.288 e. The number of amidine groups is 1. The number of rotatable bonds is 3.